The fraction of sp³-hybridized carbons (Fsp3) is 0.562. The molecule has 116 valence electrons. The average molecular weight is 357 g/mol. The summed E-state index contributed by atoms with van der Waals surface area (Å²) in [5.74, 6) is -0.230. The Morgan fingerprint density at radius 1 is 1.48 bits per heavy atom. The van der Waals surface area contributed by atoms with Crippen molar-refractivity contribution in [1.82, 2.24) is 10.2 Å². The Morgan fingerprint density at radius 2 is 2.29 bits per heavy atom. The second-order valence-electron chi connectivity index (χ2n) is 5.50. The van der Waals surface area contributed by atoms with Crippen molar-refractivity contribution in [2.45, 2.75) is 45.2 Å². The minimum absolute atomic E-state index is 0.0361. The molecule has 1 aliphatic rings. The Kier molecular flexibility index (Phi) is 6.18. The first-order valence-corrected chi connectivity index (χ1v) is 8.36. The Hall–Kier alpha value is -0.940. The predicted molar refractivity (Wildman–Crippen MR) is 85.4 cm³/mol. The second-order valence-corrected chi connectivity index (χ2v) is 6.36. The molecule has 2 rings (SSSR count). The molecular weight excluding hydrogens is 335 g/mol. The Labute approximate surface area is 134 Å². The van der Waals surface area contributed by atoms with E-state index in [1.807, 2.05) is 0 Å². The van der Waals surface area contributed by atoms with Crippen LogP contribution in [0.5, 0.6) is 0 Å². The molecule has 1 unspecified atom stereocenters. The van der Waals surface area contributed by atoms with Gasteiger partial charge in [0.25, 0.3) is 0 Å². The molecule has 1 fully saturated rings. The minimum Gasteiger partial charge on any atom is -0.351 e. The minimum atomic E-state index is -0.285. The highest BCUT2D eigenvalue weighted by molar-refractivity contribution is 9.10. The smallest absolute Gasteiger partial charge is 0.237 e. The van der Waals surface area contributed by atoms with E-state index in [9.17, 15) is 9.18 Å². The van der Waals surface area contributed by atoms with E-state index >= 15 is 0 Å². The number of carbonyl (C=O) groups is 1. The van der Waals surface area contributed by atoms with Crippen molar-refractivity contribution in [3.63, 3.8) is 0 Å². The number of hydrogen-bond acceptors (Lipinski definition) is 2. The summed E-state index contributed by atoms with van der Waals surface area (Å²) in [5.41, 5.74) is 0.765. The first-order valence-electron chi connectivity index (χ1n) is 7.57. The molecule has 1 aliphatic heterocycles. The van der Waals surface area contributed by atoms with Gasteiger partial charge in [0.1, 0.15) is 5.82 Å². The maximum Gasteiger partial charge on any atom is 0.237 e. The normalized spacial score (nSPS) is 19.5. The van der Waals surface area contributed by atoms with Gasteiger partial charge in [0.2, 0.25) is 5.91 Å². The fourth-order valence-corrected chi connectivity index (χ4v) is 3.21. The molecule has 5 heteroatoms. The van der Waals surface area contributed by atoms with Gasteiger partial charge in [-0.1, -0.05) is 29.3 Å². The molecule has 0 bridgehead atoms. The zero-order valence-electron chi connectivity index (χ0n) is 12.4. The maximum atomic E-state index is 13.2. The van der Waals surface area contributed by atoms with Crippen LogP contribution in [0.25, 0.3) is 0 Å². The van der Waals surface area contributed by atoms with E-state index in [0.29, 0.717) is 6.54 Å². The third-order valence-corrected chi connectivity index (χ3v) is 4.66. The van der Waals surface area contributed by atoms with E-state index in [1.54, 1.807) is 6.07 Å². The molecule has 0 saturated carbocycles. The zero-order valence-corrected chi connectivity index (χ0v) is 14.0. The number of benzene rings is 1. The molecule has 1 heterocycles. The van der Waals surface area contributed by atoms with Crippen LogP contribution >= 0.6 is 15.9 Å². The van der Waals surface area contributed by atoms with E-state index in [-0.39, 0.29) is 17.8 Å². The lowest BCUT2D eigenvalue weighted by Crippen LogP contribution is -2.49. The van der Waals surface area contributed by atoms with Gasteiger partial charge in [-0.25, -0.2) is 4.39 Å². The molecule has 1 atom stereocenters. The van der Waals surface area contributed by atoms with Gasteiger partial charge >= 0.3 is 0 Å². The quantitative estimate of drug-likeness (QED) is 0.875. The second kappa shape index (κ2) is 7.90. The third-order valence-electron chi connectivity index (χ3n) is 3.89. The van der Waals surface area contributed by atoms with Crippen molar-refractivity contribution in [3.8, 4) is 0 Å². The molecule has 0 aliphatic carbocycles. The van der Waals surface area contributed by atoms with Crippen LogP contribution in [0.2, 0.25) is 0 Å². The summed E-state index contributed by atoms with van der Waals surface area (Å²) in [6.45, 7) is 4.44. The number of hydrogen-bond donors (Lipinski definition) is 1. The van der Waals surface area contributed by atoms with Gasteiger partial charge in [-0.3, -0.25) is 9.69 Å². The lowest BCUT2D eigenvalue weighted by molar-refractivity contribution is -0.127. The van der Waals surface area contributed by atoms with Gasteiger partial charge in [0, 0.05) is 11.0 Å². The van der Waals surface area contributed by atoms with Crippen molar-refractivity contribution in [2.75, 3.05) is 13.1 Å². The van der Waals surface area contributed by atoms with Crippen molar-refractivity contribution in [1.29, 1.82) is 0 Å². The first-order chi connectivity index (χ1) is 10.1. The van der Waals surface area contributed by atoms with E-state index in [0.717, 1.165) is 42.4 Å². The molecule has 1 amide bonds. The van der Waals surface area contributed by atoms with Crippen molar-refractivity contribution >= 4 is 21.8 Å². The number of rotatable bonds is 5. The van der Waals surface area contributed by atoms with Gasteiger partial charge < -0.3 is 5.32 Å². The van der Waals surface area contributed by atoms with Gasteiger partial charge in [-0.2, -0.15) is 0 Å². The number of piperidine rings is 1. The number of nitrogens with one attached hydrogen (secondary N) is 1. The first kappa shape index (κ1) is 16.4. The lowest BCUT2D eigenvalue weighted by Gasteiger charge is -2.34. The summed E-state index contributed by atoms with van der Waals surface area (Å²) in [4.78, 5) is 14.7. The number of nitrogens with zero attached hydrogens (tertiary/aromatic N) is 1. The van der Waals surface area contributed by atoms with Crippen molar-refractivity contribution in [3.05, 3.63) is 34.1 Å². The van der Waals surface area contributed by atoms with E-state index in [2.05, 4.69) is 33.1 Å². The average Bonchev–Trinajstić information content (AvgIpc) is 2.49. The van der Waals surface area contributed by atoms with Gasteiger partial charge in [0.15, 0.2) is 0 Å². The van der Waals surface area contributed by atoms with Crippen LogP contribution in [-0.4, -0.2) is 29.9 Å². The van der Waals surface area contributed by atoms with Crippen LogP contribution in [0, 0.1) is 5.82 Å². The number of carbonyl (C=O) groups excluding carboxylic acids is 1. The van der Waals surface area contributed by atoms with Crippen LogP contribution in [0.4, 0.5) is 4.39 Å². The molecule has 0 aromatic heterocycles. The van der Waals surface area contributed by atoms with E-state index < -0.39 is 0 Å². The fourth-order valence-electron chi connectivity index (χ4n) is 2.82. The van der Waals surface area contributed by atoms with E-state index in [4.69, 9.17) is 0 Å². The van der Waals surface area contributed by atoms with Crippen LogP contribution in [0.15, 0.2) is 22.7 Å². The predicted octanol–water partition coefficient (Wildman–Crippen LogP) is 3.47. The molecule has 0 radical (unpaired) electrons. The number of halogens is 2. The highest BCUT2D eigenvalue weighted by Crippen LogP contribution is 2.19. The van der Waals surface area contributed by atoms with E-state index in [1.165, 1.54) is 18.6 Å². The van der Waals surface area contributed by atoms with Crippen LogP contribution in [0.1, 0.15) is 38.2 Å². The third kappa shape index (κ3) is 4.51. The summed E-state index contributed by atoms with van der Waals surface area (Å²) in [6, 6.07) is 4.49. The Balaban J connectivity index is 1.95. The maximum absolute atomic E-state index is 13.2. The topological polar surface area (TPSA) is 32.3 Å². The number of likely N-dealkylation sites (tertiary alicyclic amines) is 1. The molecule has 3 nitrogen and oxygen atoms in total. The van der Waals surface area contributed by atoms with Gasteiger partial charge in [-0.15, -0.1) is 0 Å². The summed E-state index contributed by atoms with van der Waals surface area (Å²) >= 11 is 3.38. The molecule has 1 aromatic rings. The van der Waals surface area contributed by atoms with Crippen LogP contribution in [0.3, 0.4) is 0 Å². The summed E-state index contributed by atoms with van der Waals surface area (Å²) in [5, 5.41) is 2.95. The van der Waals surface area contributed by atoms with Crippen LogP contribution < -0.4 is 5.32 Å². The molecule has 0 spiro atoms. The lowest BCUT2D eigenvalue weighted by atomic mass is 10.0. The molecule has 1 aromatic carbocycles. The Bertz CT molecular complexity index is 493. The highest BCUT2D eigenvalue weighted by atomic mass is 79.9. The van der Waals surface area contributed by atoms with Crippen molar-refractivity contribution < 1.29 is 9.18 Å². The van der Waals surface area contributed by atoms with Gasteiger partial charge in [-0.05, 0) is 56.1 Å². The Morgan fingerprint density at radius 3 is 3.05 bits per heavy atom. The monoisotopic (exact) mass is 356 g/mol. The van der Waals surface area contributed by atoms with Crippen LogP contribution in [-0.2, 0) is 11.3 Å². The largest absolute Gasteiger partial charge is 0.351 e. The number of amides is 1. The molecule has 1 saturated heterocycles. The van der Waals surface area contributed by atoms with Gasteiger partial charge in [0.05, 0.1) is 6.04 Å². The molecule has 1 N–H and O–H groups in total. The molecule has 21 heavy (non-hydrogen) atoms. The highest BCUT2D eigenvalue weighted by Gasteiger charge is 2.27. The summed E-state index contributed by atoms with van der Waals surface area (Å²) in [7, 11) is 0. The summed E-state index contributed by atoms with van der Waals surface area (Å²) < 4.78 is 14.1. The zero-order chi connectivity index (χ0) is 15.2. The standard InChI is InChI=1S/C16H22BrFN2O/c1-2-8-20-9-4-3-5-15(20)16(21)19-11-12-10-13(18)6-7-14(12)17/h6-7,10,15H,2-5,8-9,11H2,1H3,(H,19,21). The SMILES string of the molecule is CCCN1CCCCC1C(=O)NCc1cc(F)ccc1Br. The van der Waals surface area contributed by atoms with Crippen molar-refractivity contribution in [2.24, 2.45) is 0 Å². The molecular formula is C16H22BrFN2O. The summed E-state index contributed by atoms with van der Waals surface area (Å²) in [6.07, 6.45) is 4.23.